The molecule has 0 aromatic heterocycles. The highest BCUT2D eigenvalue weighted by atomic mass is 16.5. The van der Waals surface area contributed by atoms with E-state index in [1.807, 2.05) is 0 Å². The van der Waals surface area contributed by atoms with Gasteiger partial charge in [-0.2, -0.15) is 0 Å². The second kappa shape index (κ2) is 6.50. The molecule has 0 bridgehead atoms. The molecular weight excluding hydrogens is 258 g/mol. The summed E-state index contributed by atoms with van der Waals surface area (Å²) in [6.07, 6.45) is 6.88. The Bertz CT molecular complexity index is 479. The van der Waals surface area contributed by atoms with E-state index >= 15 is 0 Å². The number of hydrogen-bond acceptors (Lipinski definition) is 4. The molecule has 0 amide bonds. The predicted octanol–water partition coefficient (Wildman–Crippen LogP) is 3.08. The molecule has 5 heteroatoms. The average Bonchev–Trinajstić information content (AvgIpc) is 2.68. The second-order valence-electron chi connectivity index (χ2n) is 5.13. The predicted molar refractivity (Wildman–Crippen MR) is 76.5 cm³/mol. The number of nitrogen functional groups attached to an aromatic ring is 1. The van der Waals surface area contributed by atoms with E-state index in [0.717, 1.165) is 25.7 Å². The number of carbonyl (C=O) groups is 1. The van der Waals surface area contributed by atoms with Crippen molar-refractivity contribution in [3.8, 4) is 11.5 Å². The van der Waals surface area contributed by atoms with Crippen LogP contribution >= 0.6 is 0 Å². The van der Waals surface area contributed by atoms with Crippen LogP contribution in [0.25, 0.3) is 0 Å². The monoisotopic (exact) mass is 279 g/mol. The van der Waals surface area contributed by atoms with Gasteiger partial charge in [-0.3, -0.25) is 0 Å². The summed E-state index contributed by atoms with van der Waals surface area (Å²) in [6, 6.07) is 2.97. The zero-order valence-electron chi connectivity index (χ0n) is 11.7. The molecule has 1 aromatic carbocycles. The minimum atomic E-state index is -1.06. The SMILES string of the molecule is COc1cc(N)c(C(=O)O)cc1OC1CCCCCC1. The van der Waals surface area contributed by atoms with Gasteiger partial charge in [-0.1, -0.05) is 12.8 Å². The van der Waals surface area contributed by atoms with Crippen LogP contribution < -0.4 is 15.2 Å². The van der Waals surface area contributed by atoms with Crippen LogP contribution in [0.4, 0.5) is 5.69 Å². The topological polar surface area (TPSA) is 81.8 Å². The zero-order chi connectivity index (χ0) is 14.5. The Morgan fingerprint density at radius 2 is 1.85 bits per heavy atom. The molecule has 1 fully saturated rings. The Balaban J connectivity index is 2.24. The first-order valence-corrected chi connectivity index (χ1v) is 6.99. The summed E-state index contributed by atoms with van der Waals surface area (Å²) in [6.45, 7) is 0. The second-order valence-corrected chi connectivity index (χ2v) is 5.13. The van der Waals surface area contributed by atoms with E-state index in [9.17, 15) is 4.79 Å². The van der Waals surface area contributed by atoms with Crippen molar-refractivity contribution in [1.29, 1.82) is 0 Å². The Kier molecular flexibility index (Phi) is 4.71. The fraction of sp³-hybridized carbons (Fsp3) is 0.533. The van der Waals surface area contributed by atoms with Crippen LogP contribution in [-0.4, -0.2) is 24.3 Å². The van der Waals surface area contributed by atoms with Gasteiger partial charge in [0, 0.05) is 12.1 Å². The molecular formula is C15H21NO4. The molecule has 3 N–H and O–H groups in total. The fourth-order valence-electron chi connectivity index (χ4n) is 2.55. The van der Waals surface area contributed by atoms with E-state index in [2.05, 4.69) is 0 Å². The first-order valence-electron chi connectivity index (χ1n) is 6.99. The Hall–Kier alpha value is -1.91. The van der Waals surface area contributed by atoms with E-state index in [1.54, 1.807) is 0 Å². The van der Waals surface area contributed by atoms with Crippen LogP contribution in [0.1, 0.15) is 48.9 Å². The highest BCUT2D eigenvalue weighted by molar-refractivity contribution is 5.94. The smallest absolute Gasteiger partial charge is 0.337 e. The largest absolute Gasteiger partial charge is 0.493 e. The van der Waals surface area contributed by atoms with Gasteiger partial charge in [-0.05, 0) is 25.7 Å². The first kappa shape index (κ1) is 14.5. The summed E-state index contributed by atoms with van der Waals surface area (Å²) >= 11 is 0. The number of aromatic carboxylic acids is 1. The van der Waals surface area contributed by atoms with Gasteiger partial charge in [-0.25, -0.2) is 4.79 Å². The van der Waals surface area contributed by atoms with Crippen LogP contribution in [0.3, 0.4) is 0 Å². The third-order valence-corrected chi connectivity index (χ3v) is 3.66. The number of nitrogens with two attached hydrogens (primary N) is 1. The number of carboxylic acid groups (broad SMARTS) is 1. The van der Waals surface area contributed by atoms with Crippen LogP contribution in [0.2, 0.25) is 0 Å². The van der Waals surface area contributed by atoms with Crippen molar-refractivity contribution in [2.75, 3.05) is 12.8 Å². The van der Waals surface area contributed by atoms with Crippen molar-refractivity contribution in [2.45, 2.75) is 44.6 Å². The van der Waals surface area contributed by atoms with E-state index < -0.39 is 5.97 Å². The maximum Gasteiger partial charge on any atom is 0.337 e. The highest BCUT2D eigenvalue weighted by Crippen LogP contribution is 2.34. The Morgan fingerprint density at radius 3 is 2.40 bits per heavy atom. The summed E-state index contributed by atoms with van der Waals surface area (Å²) < 4.78 is 11.2. The first-order chi connectivity index (χ1) is 9.61. The molecule has 110 valence electrons. The summed E-state index contributed by atoms with van der Waals surface area (Å²) in [7, 11) is 1.52. The normalized spacial score (nSPS) is 16.4. The minimum Gasteiger partial charge on any atom is -0.493 e. The molecule has 0 radical (unpaired) electrons. The quantitative estimate of drug-likeness (QED) is 0.654. The lowest BCUT2D eigenvalue weighted by Gasteiger charge is -2.19. The Morgan fingerprint density at radius 1 is 1.20 bits per heavy atom. The molecule has 20 heavy (non-hydrogen) atoms. The standard InChI is InChI=1S/C15H21NO4/c1-19-13-9-12(16)11(15(17)18)8-14(13)20-10-6-4-2-3-5-7-10/h8-10H,2-7,16H2,1H3,(H,17,18). The number of anilines is 1. The van der Waals surface area contributed by atoms with E-state index in [0.29, 0.717) is 11.5 Å². The molecule has 0 atom stereocenters. The average molecular weight is 279 g/mol. The number of benzene rings is 1. The van der Waals surface area contributed by atoms with Crippen molar-refractivity contribution in [1.82, 2.24) is 0 Å². The highest BCUT2D eigenvalue weighted by Gasteiger charge is 2.19. The molecule has 0 spiro atoms. The van der Waals surface area contributed by atoms with Crippen molar-refractivity contribution in [2.24, 2.45) is 0 Å². The number of rotatable bonds is 4. The molecule has 1 aliphatic carbocycles. The van der Waals surface area contributed by atoms with Gasteiger partial charge in [0.2, 0.25) is 0 Å². The number of hydrogen-bond donors (Lipinski definition) is 2. The molecule has 0 unspecified atom stereocenters. The lowest BCUT2D eigenvalue weighted by molar-refractivity contribution is 0.0697. The molecule has 1 aromatic rings. The number of methoxy groups -OCH3 is 1. The molecule has 1 saturated carbocycles. The van der Waals surface area contributed by atoms with Gasteiger partial charge in [0.1, 0.15) is 0 Å². The van der Waals surface area contributed by atoms with Crippen molar-refractivity contribution < 1.29 is 19.4 Å². The van der Waals surface area contributed by atoms with Crippen LogP contribution in [0.15, 0.2) is 12.1 Å². The van der Waals surface area contributed by atoms with Crippen molar-refractivity contribution in [3.05, 3.63) is 17.7 Å². The van der Waals surface area contributed by atoms with E-state index in [4.69, 9.17) is 20.3 Å². The maximum atomic E-state index is 11.1. The third-order valence-electron chi connectivity index (χ3n) is 3.66. The van der Waals surface area contributed by atoms with Gasteiger partial charge < -0.3 is 20.3 Å². The fourth-order valence-corrected chi connectivity index (χ4v) is 2.55. The summed E-state index contributed by atoms with van der Waals surface area (Å²) in [5.74, 6) is -0.112. The summed E-state index contributed by atoms with van der Waals surface area (Å²) in [5.41, 5.74) is 5.94. The van der Waals surface area contributed by atoms with Gasteiger partial charge in [0.25, 0.3) is 0 Å². The maximum absolute atomic E-state index is 11.1. The molecule has 5 nitrogen and oxygen atoms in total. The molecule has 2 rings (SSSR count). The lowest BCUT2D eigenvalue weighted by atomic mass is 10.1. The molecule has 0 heterocycles. The minimum absolute atomic E-state index is 0.0504. The van der Waals surface area contributed by atoms with E-state index in [-0.39, 0.29) is 17.4 Å². The van der Waals surface area contributed by atoms with Crippen LogP contribution in [-0.2, 0) is 0 Å². The summed E-state index contributed by atoms with van der Waals surface area (Å²) in [5, 5.41) is 9.13. The third kappa shape index (κ3) is 3.35. The molecule has 1 aliphatic rings. The zero-order valence-corrected chi connectivity index (χ0v) is 11.7. The molecule has 0 aliphatic heterocycles. The number of ether oxygens (including phenoxy) is 2. The van der Waals surface area contributed by atoms with Gasteiger partial charge in [0.05, 0.1) is 24.5 Å². The van der Waals surface area contributed by atoms with Crippen LogP contribution in [0.5, 0.6) is 11.5 Å². The van der Waals surface area contributed by atoms with Crippen molar-refractivity contribution in [3.63, 3.8) is 0 Å². The van der Waals surface area contributed by atoms with Crippen LogP contribution in [0, 0.1) is 0 Å². The molecule has 0 saturated heterocycles. The van der Waals surface area contributed by atoms with Gasteiger partial charge in [0.15, 0.2) is 11.5 Å². The van der Waals surface area contributed by atoms with Gasteiger partial charge >= 0.3 is 5.97 Å². The van der Waals surface area contributed by atoms with E-state index in [1.165, 1.54) is 32.1 Å². The lowest BCUT2D eigenvalue weighted by Crippen LogP contribution is -2.16. The number of carboxylic acids is 1. The summed E-state index contributed by atoms with van der Waals surface area (Å²) in [4.78, 5) is 11.1. The Labute approximate surface area is 118 Å². The van der Waals surface area contributed by atoms with Gasteiger partial charge in [-0.15, -0.1) is 0 Å². The van der Waals surface area contributed by atoms with Crippen molar-refractivity contribution >= 4 is 11.7 Å².